The lowest BCUT2D eigenvalue weighted by Gasteiger charge is -2.14. The van der Waals surface area contributed by atoms with Gasteiger partial charge in [0.15, 0.2) is 9.79 Å². The van der Waals surface area contributed by atoms with Gasteiger partial charge in [0, 0.05) is 23.3 Å². The van der Waals surface area contributed by atoms with E-state index in [2.05, 4.69) is 4.74 Å². The highest BCUT2D eigenvalue weighted by Crippen LogP contribution is 2.26. The van der Waals surface area contributed by atoms with Crippen LogP contribution in [0.15, 0.2) is 70.5 Å². The minimum atomic E-state index is -2.00. The SMILES string of the molecule is CCc1ccc(COC(=O)c2ccc([S+]([O-])c3ccc(C(=O)O)c(C(=O)OC)c3)cc2C(=O)O)cc1. The van der Waals surface area contributed by atoms with Crippen molar-refractivity contribution in [2.45, 2.75) is 29.7 Å². The van der Waals surface area contributed by atoms with Gasteiger partial charge in [0.1, 0.15) is 6.61 Å². The number of benzene rings is 3. The molecular formula is C26H22O9S. The minimum Gasteiger partial charge on any atom is -0.606 e. The van der Waals surface area contributed by atoms with Gasteiger partial charge in [-0.15, -0.1) is 0 Å². The zero-order valence-corrected chi connectivity index (χ0v) is 20.2. The Morgan fingerprint density at radius 3 is 1.81 bits per heavy atom. The summed E-state index contributed by atoms with van der Waals surface area (Å²) in [5.41, 5.74) is 0.588. The van der Waals surface area contributed by atoms with Gasteiger partial charge in [-0.25, -0.2) is 19.2 Å². The van der Waals surface area contributed by atoms with Crippen LogP contribution in [0.4, 0.5) is 0 Å². The summed E-state index contributed by atoms with van der Waals surface area (Å²) in [7, 11) is 1.08. The summed E-state index contributed by atoms with van der Waals surface area (Å²) in [5.74, 6) is -4.59. The minimum absolute atomic E-state index is 0.0259. The molecule has 186 valence electrons. The number of rotatable bonds is 9. The molecule has 0 fully saturated rings. The number of aromatic carboxylic acids is 2. The Morgan fingerprint density at radius 1 is 0.750 bits per heavy atom. The van der Waals surface area contributed by atoms with Crippen molar-refractivity contribution in [2.75, 3.05) is 7.11 Å². The summed E-state index contributed by atoms with van der Waals surface area (Å²) in [6, 6.07) is 14.5. The Hall–Kier alpha value is -4.15. The van der Waals surface area contributed by atoms with E-state index in [1.54, 1.807) is 0 Å². The molecule has 0 saturated heterocycles. The van der Waals surface area contributed by atoms with E-state index in [-0.39, 0.29) is 33.1 Å². The Balaban J connectivity index is 1.87. The van der Waals surface area contributed by atoms with Gasteiger partial charge in [-0.1, -0.05) is 31.2 Å². The van der Waals surface area contributed by atoms with Gasteiger partial charge in [0.2, 0.25) is 0 Å². The highest BCUT2D eigenvalue weighted by Gasteiger charge is 2.26. The standard InChI is InChI=1S/C26H22O9S/c1-3-15-4-6-16(7-5-15)14-35-26(32)20-11-9-17(12-21(20)24(29)30)36(33)18-8-10-19(23(27)28)22(13-18)25(31)34-2/h4-13H,3,14H2,1-2H3,(H,27,28)(H,29,30). The number of hydrogen-bond donors (Lipinski definition) is 2. The van der Waals surface area contributed by atoms with Crippen LogP contribution in [0.25, 0.3) is 0 Å². The van der Waals surface area contributed by atoms with Crippen LogP contribution in [0.5, 0.6) is 0 Å². The lowest BCUT2D eigenvalue weighted by Crippen LogP contribution is -2.14. The van der Waals surface area contributed by atoms with Gasteiger partial charge in [-0.3, -0.25) is 0 Å². The molecule has 0 spiro atoms. The zero-order valence-electron chi connectivity index (χ0n) is 19.3. The molecule has 0 aliphatic heterocycles. The van der Waals surface area contributed by atoms with Crippen LogP contribution in [0.1, 0.15) is 59.5 Å². The van der Waals surface area contributed by atoms with E-state index >= 15 is 0 Å². The highest BCUT2D eigenvalue weighted by atomic mass is 32.2. The van der Waals surface area contributed by atoms with Gasteiger partial charge in [0.25, 0.3) is 0 Å². The lowest BCUT2D eigenvalue weighted by atomic mass is 10.1. The first-order valence-corrected chi connectivity index (χ1v) is 11.8. The van der Waals surface area contributed by atoms with E-state index in [0.717, 1.165) is 42.9 Å². The monoisotopic (exact) mass is 510 g/mol. The van der Waals surface area contributed by atoms with Gasteiger partial charge in [0.05, 0.1) is 29.4 Å². The molecule has 3 aromatic rings. The number of carboxylic acids is 2. The van der Waals surface area contributed by atoms with Crippen molar-refractivity contribution >= 4 is 35.1 Å². The van der Waals surface area contributed by atoms with Crippen LogP contribution < -0.4 is 0 Å². The summed E-state index contributed by atoms with van der Waals surface area (Å²) in [4.78, 5) is 47.9. The van der Waals surface area contributed by atoms with E-state index in [4.69, 9.17) is 4.74 Å². The number of methoxy groups -OCH3 is 1. The average molecular weight is 511 g/mol. The zero-order chi connectivity index (χ0) is 26.4. The topological polar surface area (TPSA) is 150 Å². The second-order valence-electron chi connectivity index (χ2n) is 7.53. The van der Waals surface area contributed by atoms with Crippen LogP contribution in [-0.2, 0) is 33.7 Å². The summed E-state index contributed by atoms with van der Waals surface area (Å²) in [5, 5.41) is 18.9. The molecule has 9 nitrogen and oxygen atoms in total. The molecule has 3 rings (SSSR count). The Bertz CT molecular complexity index is 1320. The molecule has 1 unspecified atom stereocenters. The first kappa shape index (κ1) is 26.5. The molecule has 10 heteroatoms. The van der Waals surface area contributed by atoms with Gasteiger partial charge in [-0.2, -0.15) is 0 Å². The van der Waals surface area contributed by atoms with Gasteiger partial charge < -0.3 is 24.2 Å². The fraction of sp³-hybridized carbons (Fsp3) is 0.154. The number of esters is 2. The van der Waals surface area contributed by atoms with Gasteiger partial charge >= 0.3 is 23.9 Å². The van der Waals surface area contributed by atoms with Crippen molar-refractivity contribution in [3.05, 3.63) is 94.0 Å². The Kier molecular flexibility index (Phi) is 8.46. The molecule has 0 aliphatic rings. The van der Waals surface area contributed by atoms with Crippen molar-refractivity contribution in [3.63, 3.8) is 0 Å². The van der Waals surface area contributed by atoms with Crippen molar-refractivity contribution in [1.82, 2.24) is 0 Å². The van der Waals surface area contributed by atoms with E-state index < -0.39 is 40.6 Å². The van der Waals surface area contributed by atoms with Crippen LogP contribution >= 0.6 is 0 Å². The molecule has 0 bridgehead atoms. The van der Waals surface area contributed by atoms with Crippen LogP contribution in [0.3, 0.4) is 0 Å². The van der Waals surface area contributed by atoms with Gasteiger partial charge in [-0.05, 0) is 41.8 Å². The maximum absolute atomic E-state index is 13.1. The van der Waals surface area contributed by atoms with E-state index in [1.165, 1.54) is 18.2 Å². The third kappa shape index (κ3) is 5.91. The second kappa shape index (κ2) is 11.5. The summed E-state index contributed by atoms with van der Waals surface area (Å²) < 4.78 is 23.0. The largest absolute Gasteiger partial charge is 0.606 e. The summed E-state index contributed by atoms with van der Waals surface area (Å²) in [6.07, 6.45) is 0.865. The Morgan fingerprint density at radius 2 is 1.28 bits per heavy atom. The molecule has 3 aromatic carbocycles. The number of ether oxygens (including phenoxy) is 2. The van der Waals surface area contributed by atoms with Crippen LogP contribution in [0.2, 0.25) is 0 Å². The molecule has 0 amide bonds. The maximum atomic E-state index is 13.1. The fourth-order valence-corrected chi connectivity index (χ4v) is 4.44. The number of carbonyl (C=O) groups excluding carboxylic acids is 2. The fourth-order valence-electron chi connectivity index (χ4n) is 3.33. The van der Waals surface area contributed by atoms with Crippen molar-refractivity contribution < 1.29 is 43.4 Å². The molecule has 2 N–H and O–H groups in total. The molecule has 0 heterocycles. The molecule has 0 radical (unpaired) electrons. The summed E-state index contributed by atoms with van der Waals surface area (Å²) >= 11 is -2.00. The van der Waals surface area contributed by atoms with Crippen LogP contribution in [0, 0.1) is 0 Å². The van der Waals surface area contributed by atoms with Crippen molar-refractivity contribution in [1.29, 1.82) is 0 Å². The van der Waals surface area contributed by atoms with Crippen LogP contribution in [-0.4, -0.2) is 45.8 Å². The number of hydrogen-bond acceptors (Lipinski definition) is 7. The average Bonchev–Trinajstić information content (AvgIpc) is 2.90. The predicted octanol–water partition coefficient (Wildman–Crippen LogP) is 3.96. The predicted molar refractivity (Wildman–Crippen MR) is 128 cm³/mol. The first-order valence-electron chi connectivity index (χ1n) is 10.7. The maximum Gasteiger partial charge on any atom is 0.339 e. The highest BCUT2D eigenvalue weighted by molar-refractivity contribution is 7.91. The molecule has 0 aliphatic carbocycles. The Labute approximate surface area is 209 Å². The third-order valence-electron chi connectivity index (χ3n) is 5.30. The molecule has 36 heavy (non-hydrogen) atoms. The lowest BCUT2D eigenvalue weighted by molar-refractivity contribution is 0.0463. The quantitative estimate of drug-likeness (QED) is 0.322. The second-order valence-corrected chi connectivity index (χ2v) is 9.01. The number of aryl methyl sites for hydroxylation is 1. The van der Waals surface area contributed by atoms with Crippen molar-refractivity contribution in [2.24, 2.45) is 0 Å². The summed E-state index contributed by atoms with van der Waals surface area (Å²) in [6.45, 7) is 1.96. The first-order chi connectivity index (χ1) is 17.2. The number of carboxylic acid groups (broad SMARTS) is 2. The molecule has 1 atom stereocenters. The number of carbonyl (C=O) groups is 4. The smallest absolute Gasteiger partial charge is 0.339 e. The third-order valence-corrected chi connectivity index (χ3v) is 6.66. The molecule has 0 aromatic heterocycles. The molecular weight excluding hydrogens is 488 g/mol. The van der Waals surface area contributed by atoms with E-state index in [0.29, 0.717) is 0 Å². The molecule has 0 saturated carbocycles. The van der Waals surface area contributed by atoms with Crippen molar-refractivity contribution in [3.8, 4) is 0 Å². The normalized spacial score (nSPS) is 11.4. The van der Waals surface area contributed by atoms with E-state index in [9.17, 15) is 33.9 Å². The van der Waals surface area contributed by atoms with E-state index in [1.807, 2.05) is 31.2 Å².